The number of hydrogen-bond donors (Lipinski definition) is 1. The molecule has 20 heavy (non-hydrogen) atoms. The maximum atomic E-state index is 13.3. The van der Waals surface area contributed by atoms with E-state index in [0.29, 0.717) is 17.5 Å². The topological polar surface area (TPSA) is 74.2 Å². The third-order valence-corrected chi connectivity index (χ3v) is 2.82. The van der Waals surface area contributed by atoms with Crippen molar-refractivity contribution in [2.24, 2.45) is 5.73 Å². The normalized spacial score (nSPS) is 12.7. The van der Waals surface area contributed by atoms with Crippen molar-refractivity contribution in [2.75, 3.05) is 0 Å². The number of aromatic nitrogens is 2. The molecule has 0 radical (unpaired) electrons. The van der Waals surface area contributed by atoms with E-state index < -0.39 is 0 Å². The number of hydrogen-bond acceptors (Lipinski definition) is 5. The number of benzene rings is 1. The summed E-state index contributed by atoms with van der Waals surface area (Å²) in [6.07, 6.45) is 0. The molecule has 0 aliphatic carbocycles. The second-order valence-electron chi connectivity index (χ2n) is 4.96. The molecule has 1 heterocycles. The number of nitrogens with zero attached hydrogens (tertiary/aromatic N) is 2. The largest absolute Gasteiger partial charge is 0.483 e. The minimum absolute atomic E-state index is 0.0862. The lowest BCUT2D eigenvalue weighted by molar-refractivity contribution is 0.239. The van der Waals surface area contributed by atoms with Crippen molar-refractivity contribution in [3.63, 3.8) is 0 Å². The van der Waals surface area contributed by atoms with Crippen LogP contribution in [0.4, 0.5) is 4.39 Å². The molecule has 1 atom stereocenters. The van der Waals surface area contributed by atoms with Gasteiger partial charge in [0.15, 0.2) is 12.4 Å². The van der Waals surface area contributed by atoms with Crippen molar-refractivity contribution in [1.82, 2.24) is 10.1 Å². The van der Waals surface area contributed by atoms with Crippen LogP contribution < -0.4 is 10.5 Å². The molecular formula is C14H18FN3O2. The molecule has 0 saturated heterocycles. The minimum Gasteiger partial charge on any atom is -0.483 e. The first kappa shape index (κ1) is 14.5. The maximum absolute atomic E-state index is 13.3. The van der Waals surface area contributed by atoms with Gasteiger partial charge < -0.3 is 15.0 Å². The molecule has 0 fully saturated rings. The van der Waals surface area contributed by atoms with Gasteiger partial charge in [-0.25, -0.2) is 4.39 Å². The van der Waals surface area contributed by atoms with Gasteiger partial charge in [0.05, 0.1) is 0 Å². The number of halogens is 1. The molecule has 108 valence electrons. The lowest BCUT2D eigenvalue weighted by Crippen LogP contribution is -2.08. The zero-order chi connectivity index (χ0) is 14.7. The molecule has 0 saturated carbocycles. The van der Waals surface area contributed by atoms with Crippen LogP contribution in [0.15, 0.2) is 22.7 Å². The first-order valence-electron chi connectivity index (χ1n) is 6.47. The van der Waals surface area contributed by atoms with Crippen LogP contribution in [-0.2, 0) is 6.61 Å². The van der Waals surface area contributed by atoms with E-state index in [2.05, 4.69) is 10.1 Å². The van der Waals surface area contributed by atoms with Crippen LogP contribution in [-0.4, -0.2) is 10.1 Å². The van der Waals surface area contributed by atoms with Crippen LogP contribution in [0.25, 0.3) is 0 Å². The van der Waals surface area contributed by atoms with Gasteiger partial charge in [0.25, 0.3) is 5.89 Å². The first-order chi connectivity index (χ1) is 9.47. The van der Waals surface area contributed by atoms with Gasteiger partial charge in [-0.2, -0.15) is 4.98 Å². The number of ether oxygens (including phenoxy) is 1. The van der Waals surface area contributed by atoms with Crippen molar-refractivity contribution in [3.8, 4) is 5.75 Å². The predicted octanol–water partition coefficient (Wildman–Crippen LogP) is 2.93. The lowest BCUT2D eigenvalue weighted by Gasteiger charge is -2.12. The van der Waals surface area contributed by atoms with E-state index in [9.17, 15) is 4.39 Å². The summed E-state index contributed by atoms with van der Waals surface area (Å²) in [7, 11) is 0. The van der Waals surface area contributed by atoms with Crippen molar-refractivity contribution in [1.29, 1.82) is 0 Å². The van der Waals surface area contributed by atoms with Gasteiger partial charge in [-0.3, -0.25) is 0 Å². The highest BCUT2D eigenvalue weighted by Crippen LogP contribution is 2.25. The maximum Gasteiger partial charge on any atom is 0.264 e. The third-order valence-electron chi connectivity index (χ3n) is 2.82. The molecule has 2 aromatic rings. The standard InChI is InChI=1S/C14H18FN3O2/c1-8(2)14-17-13(20-18-14)7-19-12-6-10(15)4-5-11(12)9(3)16/h4-6,8-9H,7,16H2,1-3H3/t9-/m0/s1. The smallest absolute Gasteiger partial charge is 0.264 e. The molecule has 0 unspecified atom stereocenters. The van der Waals surface area contributed by atoms with Gasteiger partial charge in [-0.05, 0) is 13.0 Å². The Hall–Kier alpha value is -1.95. The van der Waals surface area contributed by atoms with Gasteiger partial charge in [-0.15, -0.1) is 0 Å². The van der Waals surface area contributed by atoms with Crippen molar-refractivity contribution < 1.29 is 13.7 Å². The summed E-state index contributed by atoms with van der Waals surface area (Å²) >= 11 is 0. The molecule has 2 N–H and O–H groups in total. The van der Waals surface area contributed by atoms with Gasteiger partial charge in [0, 0.05) is 23.6 Å². The molecule has 5 nitrogen and oxygen atoms in total. The average molecular weight is 279 g/mol. The van der Waals surface area contributed by atoms with E-state index in [1.54, 1.807) is 6.07 Å². The third kappa shape index (κ3) is 3.33. The highest BCUT2D eigenvalue weighted by Gasteiger charge is 2.13. The monoisotopic (exact) mass is 279 g/mol. The molecule has 1 aromatic carbocycles. The van der Waals surface area contributed by atoms with E-state index in [-0.39, 0.29) is 24.4 Å². The van der Waals surface area contributed by atoms with Crippen LogP contribution >= 0.6 is 0 Å². The van der Waals surface area contributed by atoms with Gasteiger partial charge in [0.2, 0.25) is 0 Å². The Kier molecular flexibility index (Phi) is 4.34. The van der Waals surface area contributed by atoms with Gasteiger partial charge >= 0.3 is 0 Å². The number of rotatable bonds is 5. The van der Waals surface area contributed by atoms with Gasteiger partial charge in [0.1, 0.15) is 11.6 Å². The fourth-order valence-corrected chi connectivity index (χ4v) is 1.71. The highest BCUT2D eigenvalue weighted by atomic mass is 19.1. The molecule has 0 spiro atoms. The van der Waals surface area contributed by atoms with E-state index in [4.69, 9.17) is 15.0 Å². The Labute approximate surface area is 116 Å². The molecular weight excluding hydrogens is 261 g/mol. The van der Waals surface area contributed by atoms with Crippen LogP contribution in [0, 0.1) is 5.82 Å². The van der Waals surface area contributed by atoms with E-state index in [1.807, 2.05) is 20.8 Å². The van der Waals surface area contributed by atoms with Crippen molar-refractivity contribution in [2.45, 2.75) is 39.3 Å². The molecule has 6 heteroatoms. The Morgan fingerprint density at radius 3 is 2.70 bits per heavy atom. The second kappa shape index (κ2) is 6.00. The summed E-state index contributed by atoms with van der Waals surface area (Å²) in [5.41, 5.74) is 6.56. The Bertz CT molecular complexity index is 582. The predicted molar refractivity (Wildman–Crippen MR) is 71.7 cm³/mol. The average Bonchev–Trinajstić information content (AvgIpc) is 2.85. The molecule has 0 aliphatic heterocycles. The Morgan fingerprint density at radius 2 is 2.10 bits per heavy atom. The van der Waals surface area contributed by atoms with Crippen LogP contribution in [0.5, 0.6) is 5.75 Å². The second-order valence-corrected chi connectivity index (χ2v) is 4.96. The van der Waals surface area contributed by atoms with Crippen LogP contribution in [0.2, 0.25) is 0 Å². The van der Waals surface area contributed by atoms with Crippen molar-refractivity contribution in [3.05, 3.63) is 41.3 Å². The first-order valence-corrected chi connectivity index (χ1v) is 6.47. The summed E-state index contributed by atoms with van der Waals surface area (Å²) in [5, 5.41) is 3.84. The summed E-state index contributed by atoms with van der Waals surface area (Å²) < 4.78 is 23.9. The fraction of sp³-hybridized carbons (Fsp3) is 0.429. The molecule has 0 aliphatic rings. The Balaban J connectivity index is 2.11. The quantitative estimate of drug-likeness (QED) is 0.910. The number of nitrogens with two attached hydrogens (primary N) is 1. The Morgan fingerprint density at radius 1 is 1.35 bits per heavy atom. The van der Waals surface area contributed by atoms with Crippen molar-refractivity contribution >= 4 is 0 Å². The van der Waals surface area contributed by atoms with E-state index in [1.165, 1.54) is 12.1 Å². The SMILES string of the molecule is CC(C)c1noc(COc2cc(F)ccc2[C@H](C)N)n1. The summed E-state index contributed by atoms with van der Waals surface area (Å²) in [6.45, 7) is 5.83. The zero-order valence-corrected chi connectivity index (χ0v) is 11.8. The van der Waals surface area contributed by atoms with Crippen LogP contribution in [0.3, 0.4) is 0 Å². The van der Waals surface area contributed by atoms with E-state index in [0.717, 1.165) is 5.56 Å². The zero-order valence-electron chi connectivity index (χ0n) is 11.8. The fourth-order valence-electron chi connectivity index (χ4n) is 1.71. The van der Waals surface area contributed by atoms with E-state index >= 15 is 0 Å². The lowest BCUT2D eigenvalue weighted by atomic mass is 10.1. The molecule has 0 amide bonds. The molecule has 1 aromatic heterocycles. The summed E-state index contributed by atoms with van der Waals surface area (Å²) in [5.74, 6) is 1.17. The molecule has 0 bridgehead atoms. The minimum atomic E-state index is -0.377. The highest BCUT2D eigenvalue weighted by molar-refractivity contribution is 5.36. The van der Waals surface area contributed by atoms with Gasteiger partial charge in [-0.1, -0.05) is 25.1 Å². The summed E-state index contributed by atoms with van der Waals surface area (Å²) in [6, 6.07) is 4.02. The molecule has 2 rings (SSSR count). The van der Waals surface area contributed by atoms with Crippen LogP contribution in [0.1, 0.15) is 50.0 Å². The summed E-state index contributed by atoms with van der Waals surface area (Å²) in [4.78, 5) is 4.19.